The number of halogens is 2. The maximum atomic E-state index is 11.8. The van der Waals surface area contributed by atoms with Crippen LogP contribution in [0.5, 0.6) is 0 Å². The average Bonchev–Trinajstić information content (AvgIpc) is 2.72. The van der Waals surface area contributed by atoms with E-state index in [2.05, 4.69) is 10.3 Å². The molecule has 1 saturated heterocycles. The number of aromatic nitrogens is 1. The molecule has 1 aliphatic rings. The van der Waals surface area contributed by atoms with Crippen LogP contribution in [-0.4, -0.2) is 41.4 Å². The Hall–Kier alpha value is -0.880. The lowest BCUT2D eigenvalue weighted by Crippen LogP contribution is -2.43. The van der Waals surface area contributed by atoms with Crippen molar-refractivity contribution in [2.24, 2.45) is 0 Å². The molecular weight excluding hydrogens is 279 g/mol. The van der Waals surface area contributed by atoms with E-state index in [9.17, 15) is 9.90 Å². The van der Waals surface area contributed by atoms with Crippen molar-refractivity contribution in [2.45, 2.75) is 12.0 Å². The fourth-order valence-electron chi connectivity index (χ4n) is 1.68. The third-order valence-electron chi connectivity index (χ3n) is 2.69. The summed E-state index contributed by atoms with van der Waals surface area (Å²) in [5, 5.41) is 12.9. The zero-order valence-corrected chi connectivity index (χ0v) is 11.0. The van der Waals surface area contributed by atoms with E-state index in [0.29, 0.717) is 18.6 Å². The van der Waals surface area contributed by atoms with Crippen LogP contribution in [0.3, 0.4) is 0 Å². The van der Waals surface area contributed by atoms with Crippen LogP contribution in [0.25, 0.3) is 0 Å². The van der Waals surface area contributed by atoms with Gasteiger partial charge in [0.05, 0.1) is 6.61 Å². The summed E-state index contributed by atoms with van der Waals surface area (Å²) in [4.78, 5) is 15.6. The van der Waals surface area contributed by atoms with Crippen LogP contribution in [0.1, 0.15) is 16.8 Å². The third kappa shape index (κ3) is 3.32. The molecule has 1 aromatic heterocycles. The van der Waals surface area contributed by atoms with E-state index in [1.54, 1.807) is 0 Å². The van der Waals surface area contributed by atoms with E-state index >= 15 is 0 Å². The van der Waals surface area contributed by atoms with E-state index in [0.717, 1.165) is 0 Å². The van der Waals surface area contributed by atoms with Crippen LogP contribution >= 0.6 is 23.2 Å². The largest absolute Gasteiger partial charge is 0.386 e. The molecule has 18 heavy (non-hydrogen) atoms. The van der Waals surface area contributed by atoms with Gasteiger partial charge in [0.2, 0.25) is 0 Å². The van der Waals surface area contributed by atoms with Crippen molar-refractivity contribution in [2.75, 3.05) is 19.8 Å². The number of aliphatic hydroxyl groups is 1. The molecule has 1 fully saturated rings. The number of carbonyl (C=O) groups excluding carboxylic acids is 1. The van der Waals surface area contributed by atoms with Crippen molar-refractivity contribution in [1.82, 2.24) is 10.3 Å². The second kappa shape index (κ2) is 5.40. The molecule has 2 heterocycles. The summed E-state index contributed by atoms with van der Waals surface area (Å²) in [5.74, 6) is -0.360. The molecule has 1 aromatic rings. The summed E-state index contributed by atoms with van der Waals surface area (Å²) in [6, 6.07) is 2.83. The lowest BCUT2D eigenvalue weighted by Gasteiger charge is -2.20. The van der Waals surface area contributed by atoms with Gasteiger partial charge in [-0.05, 0) is 12.1 Å². The molecule has 7 heteroatoms. The van der Waals surface area contributed by atoms with Crippen LogP contribution < -0.4 is 5.32 Å². The maximum Gasteiger partial charge on any atom is 0.251 e. The molecule has 0 aromatic carbocycles. The molecule has 0 radical (unpaired) electrons. The van der Waals surface area contributed by atoms with Crippen LogP contribution in [0.4, 0.5) is 0 Å². The predicted molar refractivity (Wildman–Crippen MR) is 67.0 cm³/mol. The Balaban J connectivity index is 1.99. The number of amides is 1. The van der Waals surface area contributed by atoms with Gasteiger partial charge in [-0.2, -0.15) is 0 Å². The number of nitrogens with zero attached hydrogens (tertiary/aromatic N) is 1. The molecule has 1 amide bonds. The van der Waals surface area contributed by atoms with E-state index in [-0.39, 0.29) is 29.4 Å². The highest BCUT2D eigenvalue weighted by Crippen LogP contribution is 2.18. The number of pyridine rings is 1. The van der Waals surface area contributed by atoms with Crippen molar-refractivity contribution >= 4 is 29.1 Å². The number of carbonyl (C=O) groups is 1. The molecule has 0 aliphatic carbocycles. The summed E-state index contributed by atoms with van der Waals surface area (Å²) in [5.41, 5.74) is -0.682. The molecular formula is C11H12Cl2N2O3. The van der Waals surface area contributed by atoms with E-state index in [1.807, 2.05) is 0 Å². The maximum absolute atomic E-state index is 11.8. The summed E-state index contributed by atoms with van der Waals surface area (Å²) < 4.78 is 5.08. The normalized spacial score (nSPS) is 23.1. The van der Waals surface area contributed by atoms with Gasteiger partial charge in [0, 0.05) is 25.1 Å². The fourth-order valence-corrected chi connectivity index (χ4v) is 2.14. The average molecular weight is 291 g/mol. The van der Waals surface area contributed by atoms with Gasteiger partial charge < -0.3 is 15.2 Å². The lowest BCUT2D eigenvalue weighted by atomic mass is 10.0. The van der Waals surface area contributed by atoms with Crippen LogP contribution in [0, 0.1) is 0 Å². The Morgan fingerprint density at radius 3 is 2.72 bits per heavy atom. The highest BCUT2D eigenvalue weighted by atomic mass is 35.5. The summed E-state index contributed by atoms with van der Waals surface area (Å²) in [6.07, 6.45) is 0.505. The second-order valence-corrected chi connectivity index (χ2v) is 4.99. The molecule has 1 aliphatic heterocycles. The fraction of sp³-hybridized carbons (Fsp3) is 0.455. The molecule has 0 saturated carbocycles. The molecule has 98 valence electrons. The van der Waals surface area contributed by atoms with E-state index < -0.39 is 5.60 Å². The minimum atomic E-state index is -0.990. The lowest BCUT2D eigenvalue weighted by molar-refractivity contribution is 0.0264. The summed E-state index contributed by atoms with van der Waals surface area (Å²) in [6.45, 7) is 0.855. The Morgan fingerprint density at radius 1 is 1.50 bits per heavy atom. The first-order valence-corrected chi connectivity index (χ1v) is 6.16. The zero-order chi connectivity index (χ0) is 13.2. The van der Waals surface area contributed by atoms with E-state index in [4.69, 9.17) is 27.9 Å². The number of rotatable bonds is 3. The highest BCUT2D eigenvalue weighted by Gasteiger charge is 2.32. The van der Waals surface area contributed by atoms with Gasteiger partial charge >= 0.3 is 0 Å². The second-order valence-electron chi connectivity index (χ2n) is 4.21. The Bertz CT molecular complexity index is 441. The van der Waals surface area contributed by atoms with Gasteiger partial charge in [-0.1, -0.05) is 23.2 Å². The molecule has 0 bridgehead atoms. The molecule has 5 nitrogen and oxygen atoms in total. The minimum Gasteiger partial charge on any atom is -0.386 e. The first kappa shape index (κ1) is 13.5. The Labute approximate surface area is 114 Å². The number of nitrogens with one attached hydrogen (secondary N) is 1. The highest BCUT2D eigenvalue weighted by molar-refractivity contribution is 6.33. The van der Waals surface area contributed by atoms with Crippen LogP contribution in [-0.2, 0) is 4.74 Å². The summed E-state index contributed by atoms with van der Waals surface area (Å²) in [7, 11) is 0. The van der Waals surface area contributed by atoms with Gasteiger partial charge in [0.1, 0.15) is 15.9 Å². The van der Waals surface area contributed by atoms with Crippen molar-refractivity contribution in [3.8, 4) is 0 Å². The number of ether oxygens (including phenoxy) is 1. The van der Waals surface area contributed by atoms with Crippen molar-refractivity contribution in [1.29, 1.82) is 0 Å². The van der Waals surface area contributed by atoms with Crippen molar-refractivity contribution in [3.63, 3.8) is 0 Å². The van der Waals surface area contributed by atoms with Crippen LogP contribution in [0.15, 0.2) is 12.1 Å². The Kier molecular flexibility index (Phi) is 4.07. The Morgan fingerprint density at radius 2 is 2.17 bits per heavy atom. The molecule has 2 rings (SSSR count). The molecule has 0 spiro atoms. The van der Waals surface area contributed by atoms with Gasteiger partial charge in [-0.15, -0.1) is 0 Å². The van der Waals surface area contributed by atoms with Gasteiger partial charge in [-0.25, -0.2) is 4.98 Å². The zero-order valence-electron chi connectivity index (χ0n) is 9.45. The first-order valence-electron chi connectivity index (χ1n) is 5.40. The number of hydrogen-bond donors (Lipinski definition) is 2. The smallest absolute Gasteiger partial charge is 0.251 e. The standard InChI is InChI=1S/C11H12Cl2N2O3/c12-8-3-7(4-9(13)15-8)10(16)14-5-11(17)1-2-18-6-11/h3-4,17H,1-2,5-6H2,(H,14,16). The first-order chi connectivity index (χ1) is 8.48. The van der Waals surface area contributed by atoms with Crippen molar-refractivity contribution in [3.05, 3.63) is 28.0 Å². The van der Waals surface area contributed by atoms with Gasteiger partial charge in [-0.3, -0.25) is 4.79 Å². The quantitative estimate of drug-likeness (QED) is 0.823. The molecule has 1 atom stereocenters. The third-order valence-corrected chi connectivity index (χ3v) is 3.07. The van der Waals surface area contributed by atoms with Crippen LogP contribution in [0.2, 0.25) is 10.3 Å². The summed E-state index contributed by atoms with van der Waals surface area (Å²) >= 11 is 11.4. The van der Waals surface area contributed by atoms with Gasteiger partial charge in [0.25, 0.3) is 5.91 Å². The monoisotopic (exact) mass is 290 g/mol. The predicted octanol–water partition coefficient (Wildman–Crippen LogP) is 1.27. The SMILES string of the molecule is O=C(NCC1(O)CCOC1)c1cc(Cl)nc(Cl)c1. The van der Waals surface area contributed by atoms with Crippen molar-refractivity contribution < 1.29 is 14.6 Å². The number of hydrogen-bond acceptors (Lipinski definition) is 4. The molecule has 2 N–H and O–H groups in total. The van der Waals surface area contributed by atoms with Gasteiger partial charge in [0.15, 0.2) is 0 Å². The minimum absolute atomic E-state index is 0.128. The molecule has 1 unspecified atom stereocenters. The topological polar surface area (TPSA) is 71.5 Å². The van der Waals surface area contributed by atoms with E-state index in [1.165, 1.54) is 12.1 Å².